The van der Waals surface area contributed by atoms with Crippen molar-refractivity contribution in [2.75, 3.05) is 0 Å². The van der Waals surface area contributed by atoms with Crippen molar-refractivity contribution in [1.29, 1.82) is 0 Å². The number of benzene rings is 2. The Bertz CT molecular complexity index is 1170. The molecule has 1 aromatic heterocycles. The average molecular weight is 431 g/mol. The van der Waals surface area contributed by atoms with Gasteiger partial charge in [0.2, 0.25) is 5.88 Å². The Morgan fingerprint density at radius 1 is 1.18 bits per heavy atom. The summed E-state index contributed by atoms with van der Waals surface area (Å²) in [6.07, 6.45) is 4.45. The summed E-state index contributed by atoms with van der Waals surface area (Å²) in [7, 11) is 0. The second kappa shape index (κ2) is 7.59. The molecule has 2 heterocycles. The van der Waals surface area contributed by atoms with E-state index in [1.54, 1.807) is 30.5 Å². The normalized spacial score (nSPS) is 14.0. The van der Waals surface area contributed by atoms with Crippen LogP contribution < -0.4 is 4.87 Å². The van der Waals surface area contributed by atoms with Crippen LogP contribution in [-0.4, -0.2) is 15.9 Å². The molecular weight excluding hydrogens is 415 g/mol. The van der Waals surface area contributed by atoms with E-state index in [-0.39, 0.29) is 17.3 Å². The molecule has 28 heavy (non-hydrogen) atoms. The first kappa shape index (κ1) is 19.0. The van der Waals surface area contributed by atoms with Gasteiger partial charge in [-0.1, -0.05) is 65.7 Å². The minimum Gasteiger partial charge on any atom is -0.493 e. The van der Waals surface area contributed by atoms with Crippen LogP contribution >= 0.6 is 34.5 Å². The van der Waals surface area contributed by atoms with Crippen LogP contribution in [0.4, 0.5) is 5.69 Å². The van der Waals surface area contributed by atoms with Crippen molar-refractivity contribution in [2.24, 2.45) is 4.99 Å². The quantitative estimate of drug-likeness (QED) is 0.569. The fraction of sp³-hybridized carbons (Fsp3) is 0.143. The third-order valence-corrected chi connectivity index (χ3v) is 6.33. The highest BCUT2D eigenvalue weighted by atomic mass is 35.5. The zero-order valence-corrected chi connectivity index (χ0v) is 17.3. The molecule has 2 aromatic carbocycles. The van der Waals surface area contributed by atoms with E-state index in [0.717, 1.165) is 34.6 Å². The Morgan fingerprint density at radius 2 is 1.89 bits per heavy atom. The molecule has 0 amide bonds. The number of aromatic hydroxyl groups is 1. The van der Waals surface area contributed by atoms with Crippen molar-refractivity contribution in [2.45, 2.75) is 19.9 Å². The first-order valence-electron chi connectivity index (χ1n) is 8.73. The van der Waals surface area contributed by atoms with E-state index >= 15 is 0 Å². The average Bonchev–Trinajstić information content (AvgIpc) is 3.20. The van der Waals surface area contributed by atoms with Gasteiger partial charge in [-0.25, -0.2) is 0 Å². The van der Waals surface area contributed by atoms with Crippen molar-refractivity contribution in [3.8, 4) is 5.88 Å². The van der Waals surface area contributed by atoms with Gasteiger partial charge in [0, 0.05) is 33.0 Å². The number of halogens is 2. The third-order valence-electron chi connectivity index (χ3n) is 4.70. The monoisotopic (exact) mass is 430 g/mol. The van der Waals surface area contributed by atoms with Gasteiger partial charge in [0.15, 0.2) is 0 Å². The number of hydrogen-bond donors (Lipinski definition) is 1. The summed E-state index contributed by atoms with van der Waals surface area (Å²) in [5.74, 6) is -0.105. The molecule has 142 valence electrons. The van der Waals surface area contributed by atoms with Crippen molar-refractivity contribution in [3.05, 3.63) is 77.7 Å². The smallest absolute Gasteiger partial charge is 0.310 e. The lowest BCUT2D eigenvalue weighted by molar-refractivity contribution is 0.420. The molecule has 3 aromatic rings. The Balaban J connectivity index is 1.74. The predicted octanol–water partition coefficient (Wildman–Crippen LogP) is 5.79. The lowest BCUT2D eigenvalue weighted by Crippen LogP contribution is -2.13. The highest BCUT2D eigenvalue weighted by Gasteiger charge is 2.19. The minimum absolute atomic E-state index is 0.105. The molecule has 1 aliphatic heterocycles. The van der Waals surface area contributed by atoms with Crippen molar-refractivity contribution in [3.63, 3.8) is 0 Å². The van der Waals surface area contributed by atoms with Gasteiger partial charge in [0.1, 0.15) is 0 Å². The number of aryl methyl sites for hydroxylation is 1. The summed E-state index contributed by atoms with van der Waals surface area (Å²) in [5.41, 5.74) is 4.58. The molecule has 0 unspecified atom stereocenters. The van der Waals surface area contributed by atoms with Gasteiger partial charge in [-0.05, 0) is 30.2 Å². The molecule has 1 N–H and O–H groups in total. The summed E-state index contributed by atoms with van der Waals surface area (Å²) in [6.45, 7) is 2.19. The van der Waals surface area contributed by atoms with E-state index in [0.29, 0.717) is 20.5 Å². The summed E-state index contributed by atoms with van der Waals surface area (Å²) in [4.78, 5) is 17.2. The Morgan fingerprint density at radius 3 is 2.61 bits per heavy atom. The second-order valence-corrected chi connectivity index (χ2v) is 8.17. The van der Waals surface area contributed by atoms with Gasteiger partial charge in [0.05, 0.1) is 17.1 Å². The summed E-state index contributed by atoms with van der Waals surface area (Å²) in [5, 5.41) is 11.6. The van der Waals surface area contributed by atoms with Gasteiger partial charge >= 0.3 is 4.87 Å². The Kier molecular flexibility index (Phi) is 5.15. The summed E-state index contributed by atoms with van der Waals surface area (Å²) in [6, 6.07) is 11.2. The van der Waals surface area contributed by atoms with Crippen LogP contribution in [0.3, 0.4) is 0 Å². The Hall–Kier alpha value is -2.34. The number of nitrogens with zero attached hydrogens (tertiary/aromatic N) is 2. The maximum Gasteiger partial charge on any atom is 0.310 e. The number of thiazole rings is 1. The minimum atomic E-state index is -0.280. The van der Waals surface area contributed by atoms with E-state index in [2.05, 4.69) is 18.0 Å². The molecule has 1 aliphatic rings. The first-order chi connectivity index (χ1) is 13.5. The largest absolute Gasteiger partial charge is 0.493 e. The van der Waals surface area contributed by atoms with E-state index in [1.165, 1.54) is 10.1 Å². The predicted molar refractivity (Wildman–Crippen MR) is 118 cm³/mol. The van der Waals surface area contributed by atoms with E-state index in [4.69, 9.17) is 23.2 Å². The number of rotatable bonds is 4. The van der Waals surface area contributed by atoms with Crippen LogP contribution in [-0.2, 0) is 13.0 Å². The molecule has 4 nitrogen and oxygen atoms in total. The Labute approximate surface area is 176 Å². The van der Waals surface area contributed by atoms with Crippen LogP contribution in [0, 0.1) is 0 Å². The van der Waals surface area contributed by atoms with E-state index < -0.39 is 0 Å². The standard InChI is InChI=1S/C21H16Cl2N2O2S/c1-2-12-5-3-6-14-13(10-24-19(12)14)9-18-20(26)25(21(27)28-18)11-15-16(22)7-4-8-17(15)23/h3-10,26H,2,11H2,1H3/b13-9+. The zero-order chi connectivity index (χ0) is 19.8. The molecule has 0 saturated heterocycles. The maximum absolute atomic E-state index is 12.5. The van der Waals surface area contributed by atoms with Gasteiger partial charge in [-0.3, -0.25) is 14.4 Å². The van der Waals surface area contributed by atoms with Crippen molar-refractivity contribution < 1.29 is 5.11 Å². The number of fused-ring (bicyclic) bond motifs is 1. The number of hydrogen-bond acceptors (Lipinski definition) is 4. The second-order valence-electron chi connectivity index (χ2n) is 6.37. The summed E-state index contributed by atoms with van der Waals surface area (Å²) < 4.78 is 1.28. The molecule has 0 spiro atoms. The number of allylic oxidation sites excluding steroid dienone is 1. The fourth-order valence-corrected chi connectivity index (χ4v) is 4.56. The van der Waals surface area contributed by atoms with Gasteiger partial charge < -0.3 is 5.11 Å². The lowest BCUT2D eigenvalue weighted by atomic mass is 10.0. The zero-order valence-electron chi connectivity index (χ0n) is 14.9. The molecule has 0 fully saturated rings. The number of aromatic nitrogens is 1. The van der Waals surface area contributed by atoms with Gasteiger partial charge in [0.25, 0.3) is 0 Å². The summed E-state index contributed by atoms with van der Waals surface area (Å²) >= 11 is 13.4. The number of para-hydroxylation sites is 1. The lowest BCUT2D eigenvalue weighted by Gasteiger charge is -2.08. The molecule has 0 bridgehead atoms. The van der Waals surface area contributed by atoms with Crippen LogP contribution in [0.1, 0.15) is 28.5 Å². The maximum atomic E-state index is 12.5. The van der Waals surface area contributed by atoms with Gasteiger partial charge in [-0.15, -0.1) is 0 Å². The van der Waals surface area contributed by atoms with Crippen LogP contribution in [0.15, 0.2) is 46.2 Å². The SMILES string of the molecule is CCc1cccc2c1N=C/C2=C\c1sc(=O)n(Cc2c(Cl)cccc2Cl)c1O. The highest BCUT2D eigenvalue weighted by molar-refractivity contribution is 7.10. The number of aliphatic imine (C=N–C) groups is 1. The van der Waals surface area contributed by atoms with Crippen LogP contribution in [0.5, 0.6) is 5.88 Å². The highest BCUT2D eigenvalue weighted by Crippen LogP contribution is 2.37. The van der Waals surface area contributed by atoms with Crippen LogP contribution in [0.2, 0.25) is 10.0 Å². The molecule has 0 aliphatic carbocycles. The fourth-order valence-electron chi connectivity index (χ4n) is 3.21. The topological polar surface area (TPSA) is 54.6 Å². The first-order valence-corrected chi connectivity index (χ1v) is 10.3. The van der Waals surface area contributed by atoms with Crippen LogP contribution in [0.25, 0.3) is 11.6 Å². The van der Waals surface area contributed by atoms with Crippen molar-refractivity contribution >= 4 is 58.1 Å². The van der Waals surface area contributed by atoms with E-state index in [9.17, 15) is 9.90 Å². The molecule has 4 rings (SSSR count). The third kappa shape index (κ3) is 3.30. The molecule has 0 radical (unpaired) electrons. The molecular formula is C21H16Cl2N2O2S. The van der Waals surface area contributed by atoms with Gasteiger partial charge in [-0.2, -0.15) is 0 Å². The molecule has 0 atom stereocenters. The molecule has 7 heteroatoms. The molecule has 0 saturated carbocycles. The van der Waals surface area contributed by atoms with Crippen molar-refractivity contribution in [1.82, 2.24) is 4.57 Å². The van der Waals surface area contributed by atoms with E-state index in [1.807, 2.05) is 12.1 Å².